The summed E-state index contributed by atoms with van der Waals surface area (Å²) in [7, 11) is 0. The van der Waals surface area contributed by atoms with Crippen molar-refractivity contribution in [3.05, 3.63) is 75.5 Å². The first-order chi connectivity index (χ1) is 18.1. The van der Waals surface area contributed by atoms with Crippen LogP contribution in [0.4, 0.5) is 13.2 Å². The van der Waals surface area contributed by atoms with Crippen molar-refractivity contribution >= 4 is 27.5 Å². The highest BCUT2D eigenvalue weighted by molar-refractivity contribution is 9.10. The summed E-state index contributed by atoms with van der Waals surface area (Å²) < 4.78 is 49.8. The van der Waals surface area contributed by atoms with E-state index in [4.69, 9.17) is 16.3 Å². The van der Waals surface area contributed by atoms with Crippen LogP contribution in [-0.2, 0) is 4.74 Å². The Bertz CT molecular complexity index is 1480. The Hall–Kier alpha value is -2.88. The molecule has 0 amide bonds. The van der Waals surface area contributed by atoms with E-state index in [0.29, 0.717) is 21.1 Å². The number of rotatable bonds is 5. The first-order valence-corrected chi connectivity index (χ1v) is 12.3. The highest BCUT2D eigenvalue weighted by atomic mass is 79.9. The van der Waals surface area contributed by atoms with Gasteiger partial charge in [-0.2, -0.15) is 10.2 Å². The molecule has 4 aromatic rings. The number of aliphatic hydroxyl groups excluding tert-OH is 3. The summed E-state index contributed by atoms with van der Waals surface area (Å²) in [6.07, 6.45) is -1.26. The number of hydrogen-bond donors (Lipinski definition) is 3. The van der Waals surface area contributed by atoms with Crippen LogP contribution in [0.5, 0.6) is 0 Å². The molecule has 10 nitrogen and oxygen atoms in total. The monoisotopic (exact) mass is 614 g/mol. The number of nitrogens with zero attached hydrogens (tertiary/aromatic N) is 6. The zero-order chi connectivity index (χ0) is 27.3. The zero-order valence-electron chi connectivity index (χ0n) is 19.4. The van der Waals surface area contributed by atoms with Crippen LogP contribution in [0.1, 0.15) is 23.8 Å². The van der Waals surface area contributed by atoms with Crippen LogP contribution in [0.2, 0.25) is 5.02 Å². The molecule has 0 radical (unpaired) electrons. The maximum atomic E-state index is 13.8. The summed E-state index contributed by atoms with van der Waals surface area (Å²) in [6, 6.07) is 1.99. The second-order valence-corrected chi connectivity index (χ2v) is 9.77. The predicted molar refractivity (Wildman–Crippen MR) is 130 cm³/mol. The number of pyridine rings is 1. The van der Waals surface area contributed by atoms with Crippen LogP contribution in [0.3, 0.4) is 0 Å². The normalized spacial score (nSPS) is 23.7. The van der Waals surface area contributed by atoms with Crippen LogP contribution in [0.15, 0.2) is 41.4 Å². The quantitative estimate of drug-likeness (QED) is 0.231. The number of hydrogen-bond acceptors (Lipinski definition) is 8. The van der Waals surface area contributed by atoms with Crippen LogP contribution in [0, 0.1) is 24.4 Å². The number of halogens is 5. The van der Waals surface area contributed by atoms with Gasteiger partial charge in [0.2, 0.25) is 0 Å². The summed E-state index contributed by atoms with van der Waals surface area (Å²) in [4.78, 5) is 8.53. The van der Waals surface area contributed by atoms with Crippen molar-refractivity contribution in [1.82, 2.24) is 29.5 Å². The fourth-order valence-electron chi connectivity index (χ4n) is 4.33. The van der Waals surface area contributed by atoms with Crippen molar-refractivity contribution in [1.29, 1.82) is 0 Å². The van der Waals surface area contributed by atoms with E-state index in [1.807, 2.05) is 0 Å². The molecule has 200 valence electrons. The summed E-state index contributed by atoms with van der Waals surface area (Å²) >= 11 is 9.41. The zero-order valence-corrected chi connectivity index (χ0v) is 21.7. The minimum atomic E-state index is -1.60. The molecule has 5 atom stereocenters. The van der Waals surface area contributed by atoms with Gasteiger partial charge in [0.15, 0.2) is 23.3 Å². The van der Waals surface area contributed by atoms with Gasteiger partial charge < -0.3 is 20.1 Å². The fraction of sp³-hybridized carbons (Fsp3) is 0.304. The van der Waals surface area contributed by atoms with Crippen LogP contribution in [0.25, 0.3) is 16.8 Å². The average molecular weight is 616 g/mol. The van der Waals surface area contributed by atoms with Gasteiger partial charge in [-0.05, 0) is 46.6 Å². The highest BCUT2D eigenvalue weighted by Crippen LogP contribution is 2.39. The van der Waals surface area contributed by atoms with Gasteiger partial charge >= 0.3 is 0 Å². The third kappa shape index (κ3) is 4.72. The summed E-state index contributed by atoms with van der Waals surface area (Å²) in [5, 5.41) is 41.0. The topological polar surface area (TPSA) is 131 Å². The first kappa shape index (κ1) is 26.7. The second-order valence-electron chi connectivity index (χ2n) is 8.61. The van der Waals surface area contributed by atoms with Gasteiger partial charge in [0.1, 0.15) is 40.9 Å². The summed E-state index contributed by atoms with van der Waals surface area (Å²) in [5.74, 6) is -3.89. The van der Waals surface area contributed by atoms with E-state index in [1.165, 1.54) is 28.0 Å². The van der Waals surface area contributed by atoms with Gasteiger partial charge in [-0.3, -0.25) is 4.68 Å². The van der Waals surface area contributed by atoms with Crippen molar-refractivity contribution in [2.24, 2.45) is 0 Å². The lowest BCUT2D eigenvalue weighted by Gasteiger charge is -2.41. The molecule has 1 aliphatic heterocycles. The van der Waals surface area contributed by atoms with E-state index < -0.39 is 54.5 Å². The van der Waals surface area contributed by atoms with Crippen molar-refractivity contribution in [2.75, 3.05) is 6.61 Å². The minimum Gasteiger partial charge on any atom is -0.394 e. The number of ether oxygens (including phenoxy) is 1. The van der Waals surface area contributed by atoms with E-state index in [1.54, 1.807) is 13.0 Å². The first-order valence-electron chi connectivity index (χ1n) is 11.2. The van der Waals surface area contributed by atoms with Crippen molar-refractivity contribution in [3.8, 4) is 16.8 Å². The molecule has 1 aromatic carbocycles. The molecule has 38 heavy (non-hydrogen) atoms. The van der Waals surface area contributed by atoms with Gasteiger partial charge in [0.25, 0.3) is 0 Å². The summed E-state index contributed by atoms with van der Waals surface area (Å²) in [5.41, 5.74) is 0.601. The number of aryl methyl sites for hydroxylation is 1. The largest absolute Gasteiger partial charge is 0.394 e. The van der Waals surface area contributed by atoms with Gasteiger partial charge in [-0.25, -0.2) is 27.8 Å². The van der Waals surface area contributed by atoms with Crippen LogP contribution >= 0.6 is 27.5 Å². The Balaban J connectivity index is 1.54. The summed E-state index contributed by atoms with van der Waals surface area (Å²) in [6.45, 7) is 1.02. The second kappa shape index (κ2) is 10.4. The standard InChI is InChI=1S/C23H19BrClF3N6O4/c1-9-31-23(34(32-9)12-4-13(25)22(24)29-6-12)21-20(37)18(19(36)16(8-35)38-21)33-7-11(5-30-33)10-2-14(26)17(28)15(27)3-10/h2-7,16,18-21,35-37H,8H2,1H3/t16?,18-,19-,20?,21+/m0/s1. The van der Waals surface area contributed by atoms with Gasteiger partial charge in [0.05, 0.1) is 29.7 Å². The molecule has 1 aliphatic rings. The van der Waals surface area contributed by atoms with Crippen molar-refractivity contribution in [2.45, 2.75) is 37.4 Å². The molecule has 0 aliphatic carbocycles. The van der Waals surface area contributed by atoms with Crippen molar-refractivity contribution in [3.63, 3.8) is 0 Å². The maximum Gasteiger partial charge on any atom is 0.194 e. The Morgan fingerprint density at radius 1 is 1.08 bits per heavy atom. The molecular formula is C23H19BrClF3N6O4. The molecule has 15 heteroatoms. The molecule has 4 heterocycles. The number of aromatic nitrogens is 6. The highest BCUT2D eigenvalue weighted by Gasteiger charge is 2.48. The van der Waals surface area contributed by atoms with E-state index in [-0.39, 0.29) is 17.0 Å². The van der Waals surface area contributed by atoms with E-state index >= 15 is 0 Å². The molecule has 1 fully saturated rings. The number of benzene rings is 1. The van der Waals surface area contributed by atoms with E-state index in [9.17, 15) is 28.5 Å². The lowest BCUT2D eigenvalue weighted by Crippen LogP contribution is -2.53. The Morgan fingerprint density at radius 3 is 2.45 bits per heavy atom. The van der Waals surface area contributed by atoms with E-state index in [2.05, 4.69) is 36.1 Å². The van der Waals surface area contributed by atoms with Gasteiger partial charge in [0, 0.05) is 11.8 Å². The third-order valence-corrected chi connectivity index (χ3v) is 7.28. The third-order valence-electron chi connectivity index (χ3n) is 6.14. The Morgan fingerprint density at radius 2 is 1.79 bits per heavy atom. The molecule has 0 saturated carbocycles. The molecule has 3 aromatic heterocycles. The maximum absolute atomic E-state index is 13.8. The van der Waals surface area contributed by atoms with Crippen LogP contribution in [-0.4, -0.2) is 69.8 Å². The SMILES string of the molecule is Cc1nc([C@@H]2OC(CO)[C@H](O)[C@H](n3cc(-c4cc(F)c(F)c(F)c4)cn3)C2O)n(-c2cnc(Br)c(Cl)c2)n1. The fourth-order valence-corrected chi connectivity index (χ4v) is 4.71. The number of aliphatic hydroxyl groups is 3. The molecule has 2 unspecified atom stereocenters. The van der Waals surface area contributed by atoms with Crippen molar-refractivity contribution < 1.29 is 33.2 Å². The molecule has 3 N–H and O–H groups in total. The average Bonchev–Trinajstić information content (AvgIpc) is 3.51. The lowest BCUT2D eigenvalue weighted by atomic mass is 9.92. The Kier molecular flexibility index (Phi) is 7.28. The lowest BCUT2D eigenvalue weighted by molar-refractivity contribution is -0.210. The van der Waals surface area contributed by atoms with Gasteiger partial charge in [-0.1, -0.05) is 11.6 Å². The molecule has 1 saturated heterocycles. The Labute approximate surface area is 226 Å². The van der Waals surface area contributed by atoms with E-state index in [0.717, 1.165) is 12.1 Å². The predicted octanol–water partition coefficient (Wildman–Crippen LogP) is 3.06. The molecule has 5 rings (SSSR count). The van der Waals surface area contributed by atoms with Gasteiger partial charge in [-0.15, -0.1) is 0 Å². The minimum absolute atomic E-state index is 0.00562. The molecular weight excluding hydrogens is 597 g/mol. The van der Waals surface area contributed by atoms with Crippen LogP contribution < -0.4 is 0 Å². The smallest absolute Gasteiger partial charge is 0.194 e. The molecule has 0 bridgehead atoms. The molecule has 0 spiro atoms.